The van der Waals surface area contributed by atoms with Gasteiger partial charge >= 0.3 is 0 Å². The van der Waals surface area contributed by atoms with Crippen molar-refractivity contribution in [2.45, 2.75) is 6.92 Å². The van der Waals surface area contributed by atoms with E-state index in [1.54, 1.807) is 17.1 Å². The summed E-state index contributed by atoms with van der Waals surface area (Å²) in [6.45, 7) is 1.93. The number of halogens is 1. The average Bonchev–Trinajstić information content (AvgIpc) is 2.04. The summed E-state index contributed by atoms with van der Waals surface area (Å²) in [6.07, 6.45) is 0. The smallest absolute Gasteiger partial charge is 0.123 e. The molecule has 0 atom stereocenters. The molecule has 0 aliphatic carbocycles. The molecular formula is C9H9BrO. The van der Waals surface area contributed by atoms with Crippen molar-refractivity contribution < 1.29 is 5.11 Å². The second kappa shape index (κ2) is 3.58. The molecule has 0 radical (unpaired) electrons. The van der Waals surface area contributed by atoms with Gasteiger partial charge in [0, 0.05) is 5.56 Å². The van der Waals surface area contributed by atoms with Gasteiger partial charge in [-0.15, -0.1) is 0 Å². The largest absolute Gasteiger partial charge is 0.507 e. The predicted molar refractivity (Wildman–Crippen MR) is 50.7 cm³/mol. The number of rotatable bonds is 1. The molecule has 0 amide bonds. The van der Waals surface area contributed by atoms with Crippen molar-refractivity contribution in [3.63, 3.8) is 0 Å². The third-order valence-corrected chi connectivity index (χ3v) is 2.18. The van der Waals surface area contributed by atoms with Crippen molar-refractivity contribution in [2.24, 2.45) is 0 Å². The molecule has 1 N–H and O–H groups in total. The Morgan fingerprint density at radius 3 is 2.64 bits per heavy atom. The van der Waals surface area contributed by atoms with Gasteiger partial charge < -0.3 is 5.11 Å². The average molecular weight is 213 g/mol. The summed E-state index contributed by atoms with van der Waals surface area (Å²) >= 11 is 3.21. The molecule has 2 heteroatoms. The normalized spacial score (nSPS) is 11.6. The van der Waals surface area contributed by atoms with Gasteiger partial charge in [-0.2, -0.15) is 0 Å². The number of allylic oxidation sites excluding steroid dienone is 1. The number of aromatic hydroxyl groups is 1. The molecule has 0 spiro atoms. The summed E-state index contributed by atoms with van der Waals surface area (Å²) in [5.41, 5.74) is 1.88. The quantitative estimate of drug-likeness (QED) is 0.759. The molecule has 0 saturated carbocycles. The highest BCUT2D eigenvalue weighted by atomic mass is 79.9. The maximum atomic E-state index is 9.35. The van der Waals surface area contributed by atoms with Gasteiger partial charge in [-0.1, -0.05) is 34.1 Å². The minimum atomic E-state index is 0.320. The van der Waals surface area contributed by atoms with Crippen LogP contribution in [-0.2, 0) is 0 Å². The van der Waals surface area contributed by atoms with Gasteiger partial charge in [-0.25, -0.2) is 0 Å². The van der Waals surface area contributed by atoms with Crippen LogP contribution in [0.25, 0.3) is 5.57 Å². The van der Waals surface area contributed by atoms with E-state index in [1.165, 1.54) is 0 Å². The summed E-state index contributed by atoms with van der Waals surface area (Å²) in [4.78, 5) is 1.79. The van der Waals surface area contributed by atoms with Crippen molar-refractivity contribution in [3.05, 3.63) is 34.8 Å². The molecule has 0 unspecified atom stereocenters. The lowest BCUT2D eigenvalue weighted by atomic mass is 10.1. The second-order valence-electron chi connectivity index (χ2n) is 2.31. The zero-order valence-corrected chi connectivity index (χ0v) is 7.80. The standard InChI is InChI=1S/C9H9BrO/c1-7(6-10)8-4-2-3-5-9(8)11/h2-6,11H,1H3/b7-6-. The lowest BCUT2D eigenvalue weighted by molar-refractivity contribution is 0.473. The van der Waals surface area contributed by atoms with Crippen LogP contribution >= 0.6 is 15.9 Å². The Morgan fingerprint density at radius 1 is 1.45 bits per heavy atom. The first kappa shape index (κ1) is 8.34. The first-order valence-electron chi connectivity index (χ1n) is 3.31. The summed E-state index contributed by atoms with van der Waals surface area (Å²) < 4.78 is 0. The molecule has 0 fully saturated rings. The fourth-order valence-corrected chi connectivity index (χ4v) is 1.11. The maximum absolute atomic E-state index is 9.35. The molecule has 0 bridgehead atoms. The zero-order chi connectivity index (χ0) is 8.27. The zero-order valence-electron chi connectivity index (χ0n) is 6.21. The summed E-state index contributed by atoms with van der Waals surface area (Å²) in [7, 11) is 0. The van der Waals surface area contributed by atoms with Crippen molar-refractivity contribution >= 4 is 21.5 Å². The van der Waals surface area contributed by atoms with Crippen molar-refractivity contribution in [1.29, 1.82) is 0 Å². The Morgan fingerprint density at radius 2 is 2.09 bits per heavy atom. The highest BCUT2D eigenvalue weighted by molar-refractivity contribution is 9.11. The summed E-state index contributed by atoms with van der Waals surface area (Å²) in [5.74, 6) is 0.320. The molecule has 0 saturated heterocycles. The van der Waals surface area contributed by atoms with Gasteiger partial charge in [0.15, 0.2) is 0 Å². The van der Waals surface area contributed by atoms with E-state index in [-0.39, 0.29) is 0 Å². The Balaban J connectivity index is 3.14. The van der Waals surface area contributed by atoms with Crippen LogP contribution in [-0.4, -0.2) is 5.11 Å². The minimum Gasteiger partial charge on any atom is -0.507 e. The molecule has 0 aliphatic rings. The van der Waals surface area contributed by atoms with Crippen molar-refractivity contribution in [3.8, 4) is 5.75 Å². The van der Waals surface area contributed by atoms with Gasteiger partial charge in [0.2, 0.25) is 0 Å². The van der Waals surface area contributed by atoms with E-state index < -0.39 is 0 Å². The number of para-hydroxylation sites is 1. The molecule has 1 aromatic carbocycles. The van der Waals surface area contributed by atoms with E-state index in [4.69, 9.17) is 0 Å². The Labute approximate surface area is 74.5 Å². The Hall–Kier alpha value is -0.760. The van der Waals surface area contributed by atoms with E-state index in [9.17, 15) is 5.11 Å². The maximum Gasteiger partial charge on any atom is 0.123 e. The summed E-state index contributed by atoms with van der Waals surface area (Å²) in [5, 5.41) is 9.35. The topological polar surface area (TPSA) is 20.2 Å². The Kier molecular flexibility index (Phi) is 2.71. The molecule has 0 aliphatic heterocycles. The number of hydrogen-bond donors (Lipinski definition) is 1. The number of benzene rings is 1. The number of phenolic OH excluding ortho intramolecular Hbond substituents is 1. The van der Waals surface area contributed by atoms with E-state index in [0.717, 1.165) is 11.1 Å². The molecule has 1 nitrogen and oxygen atoms in total. The highest BCUT2D eigenvalue weighted by Crippen LogP contribution is 2.24. The number of hydrogen-bond acceptors (Lipinski definition) is 1. The van der Waals surface area contributed by atoms with E-state index in [0.29, 0.717) is 5.75 Å². The van der Waals surface area contributed by atoms with E-state index in [1.807, 2.05) is 19.1 Å². The SMILES string of the molecule is C/C(=C/Br)c1ccccc1O. The second-order valence-corrected chi connectivity index (χ2v) is 2.77. The fourth-order valence-electron chi connectivity index (χ4n) is 0.866. The lowest BCUT2D eigenvalue weighted by Crippen LogP contribution is -1.77. The van der Waals surface area contributed by atoms with Gasteiger partial charge in [-0.05, 0) is 23.5 Å². The molecular weight excluding hydrogens is 204 g/mol. The van der Waals surface area contributed by atoms with Crippen molar-refractivity contribution in [1.82, 2.24) is 0 Å². The van der Waals surface area contributed by atoms with Crippen LogP contribution < -0.4 is 0 Å². The fraction of sp³-hybridized carbons (Fsp3) is 0.111. The van der Waals surface area contributed by atoms with Crippen LogP contribution in [0, 0.1) is 0 Å². The third-order valence-electron chi connectivity index (χ3n) is 1.49. The molecule has 0 aromatic heterocycles. The first-order valence-corrected chi connectivity index (χ1v) is 4.22. The highest BCUT2D eigenvalue weighted by Gasteiger charge is 1.99. The summed E-state index contributed by atoms with van der Waals surface area (Å²) in [6, 6.07) is 7.26. The van der Waals surface area contributed by atoms with Gasteiger partial charge in [0.05, 0.1) is 0 Å². The van der Waals surface area contributed by atoms with Crippen LogP contribution in [0.1, 0.15) is 12.5 Å². The van der Waals surface area contributed by atoms with Crippen LogP contribution in [0.15, 0.2) is 29.3 Å². The van der Waals surface area contributed by atoms with Crippen LogP contribution in [0.5, 0.6) is 5.75 Å². The van der Waals surface area contributed by atoms with Crippen LogP contribution in [0.2, 0.25) is 0 Å². The molecule has 11 heavy (non-hydrogen) atoms. The molecule has 0 heterocycles. The van der Waals surface area contributed by atoms with Gasteiger partial charge in [0.25, 0.3) is 0 Å². The van der Waals surface area contributed by atoms with Crippen LogP contribution in [0.3, 0.4) is 0 Å². The minimum absolute atomic E-state index is 0.320. The van der Waals surface area contributed by atoms with Crippen LogP contribution in [0.4, 0.5) is 0 Å². The number of phenols is 1. The molecule has 1 rings (SSSR count). The molecule has 58 valence electrons. The van der Waals surface area contributed by atoms with Gasteiger partial charge in [-0.3, -0.25) is 0 Å². The van der Waals surface area contributed by atoms with E-state index in [2.05, 4.69) is 15.9 Å². The monoisotopic (exact) mass is 212 g/mol. The van der Waals surface area contributed by atoms with E-state index >= 15 is 0 Å². The Bertz CT molecular complexity index is 279. The predicted octanol–water partition coefficient (Wildman–Crippen LogP) is 3.15. The first-order chi connectivity index (χ1) is 5.25. The lowest BCUT2D eigenvalue weighted by Gasteiger charge is -2.01. The third kappa shape index (κ3) is 1.84. The molecule has 1 aromatic rings. The van der Waals surface area contributed by atoms with Crippen molar-refractivity contribution in [2.75, 3.05) is 0 Å². The van der Waals surface area contributed by atoms with Gasteiger partial charge in [0.1, 0.15) is 5.75 Å².